The van der Waals surface area contributed by atoms with Crippen LogP contribution in [0.25, 0.3) is 0 Å². The first-order valence-corrected chi connectivity index (χ1v) is 7.80. The number of ether oxygens (including phenoxy) is 1. The molecule has 0 radical (unpaired) electrons. The molecule has 6 nitrogen and oxygen atoms in total. The summed E-state index contributed by atoms with van der Waals surface area (Å²) in [4.78, 5) is 10.7. The summed E-state index contributed by atoms with van der Waals surface area (Å²) in [7, 11) is -3.47. The number of morpholine rings is 1. The van der Waals surface area contributed by atoms with Crippen LogP contribution in [-0.4, -0.2) is 60.7 Å². The number of sulfonamides is 1. The minimum Gasteiger partial charge on any atom is -0.481 e. The van der Waals surface area contributed by atoms with Crippen LogP contribution in [0.15, 0.2) is 0 Å². The van der Waals surface area contributed by atoms with Crippen molar-refractivity contribution in [1.29, 1.82) is 0 Å². The summed E-state index contributed by atoms with van der Waals surface area (Å²) in [6.07, 6.45) is 0.108. The summed E-state index contributed by atoms with van der Waals surface area (Å²) in [6, 6.07) is -0.619. The molecule has 1 aliphatic heterocycles. The molecule has 1 fully saturated rings. The number of carboxylic acid groups (broad SMARTS) is 1. The maximum absolute atomic E-state index is 12.1. The highest BCUT2D eigenvalue weighted by Gasteiger charge is 2.33. The predicted molar refractivity (Wildman–Crippen MR) is 67.3 cm³/mol. The van der Waals surface area contributed by atoms with Crippen molar-refractivity contribution in [1.82, 2.24) is 4.31 Å². The van der Waals surface area contributed by atoms with Crippen LogP contribution in [0.1, 0.15) is 19.8 Å². The average Bonchev–Trinajstić information content (AvgIpc) is 2.26. The Morgan fingerprint density at radius 2 is 2.28 bits per heavy atom. The van der Waals surface area contributed by atoms with Crippen molar-refractivity contribution in [3.8, 4) is 0 Å². The first-order valence-electron chi connectivity index (χ1n) is 5.76. The molecule has 0 aliphatic carbocycles. The molecule has 0 saturated carbocycles. The van der Waals surface area contributed by atoms with Gasteiger partial charge in [0.1, 0.15) is 0 Å². The largest absolute Gasteiger partial charge is 0.481 e. The second kappa shape index (κ2) is 6.70. The smallest absolute Gasteiger partial charge is 0.305 e. The monoisotopic (exact) mass is 299 g/mol. The maximum Gasteiger partial charge on any atom is 0.305 e. The molecule has 18 heavy (non-hydrogen) atoms. The van der Waals surface area contributed by atoms with Gasteiger partial charge in [0.2, 0.25) is 10.0 Å². The molecule has 0 spiro atoms. The van der Waals surface area contributed by atoms with Gasteiger partial charge in [-0.3, -0.25) is 4.79 Å². The van der Waals surface area contributed by atoms with Crippen LogP contribution in [0.2, 0.25) is 0 Å². The van der Waals surface area contributed by atoms with E-state index < -0.39 is 22.0 Å². The molecule has 1 N–H and O–H groups in total. The van der Waals surface area contributed by atoms with Crippen LogP contribution in [0.3, 0.4) is 0 Å². The summed E-state index contributed by atoms with van der Waals surface area (Å²) >= 11 is 5.74. The lowest BCUT2D eigenvalue weighted by atomic mass is 10.2. The van der Waals surface area contributed by atoms with Gasteiger partial charge in [-0.1, -0.05) is 0 Å². The molecule has 0 aromatic carbocycles. The van der Waals surface area contributed by atoms with E-state index in [1.54, 1.807) is 6.92 Å². The Morgan fingerprint density at radius 3 is 2.83 bits per heavy atom. The number of carboxylic acids is 1. The first-order chi connectivity index (χ1) is 8.33. The standard InChI is InChI=1S/C10H18ClNO5S/c1-8(11)2-5-18(15,16)12-3-4-17-7-9(12)6-10(13)14/h8-9H,2-7H2,1H3,(H,13,14). The van der Waals surface area contributed by atoms with Crippen LogP contribution in [-0.2, 0) is 19.6 Å². The van der Waals surface area contributed by atoms with Gasteiger partial charge >= 0.3 is 5.97 Å². The molecule has 1 saturated heterocycles. The van der Waals surface area contributed by atoms with E-state index in [-0.39, 0.29) is 30.7 Å². The van der Waals surface area contributed by atoms with Gasteiger partial charge in [0.05, 0.1) is 31.4 Å². The highest BCUT2D eigenvalue weighted by molar-refractivity contribution is 7.89. The van der Waals surface area contributed by atoms with Gasteiger partial charge in [-0.2, -0.15) is 4.31 Å². The van der Waals surface area contributed by atoms with Gasteiger partial charge in [-0.25, -0.2) is 8.42 Å². The molecular formula is C10H18ClNO5S. The first kappa shape index (κ1) is 15.7. The predicted octanol–water partition coefficient (Wildman–Crippen LogP) is 0.509. The normalized spacial score (nSPS) is 23.8. The van der Waals surface area contributed by atoms with Crippen molar-refractivity contribution in [2.45, 2.75) is 31.2 Å². The van der Waals surface area contributed by atoms with Gasteiger partial charge in [0, 0.05) is 11.9 Å². The molecule has 2 unspecified atom stereocenters. The van der Waals surface area contributed by atoms with E-state index in [0.29, 0.717) is 13.0 Å². The number of rotatable bonds is 6. The lowest BCUT2D eigenvalue weighted by Crippen LogP contribution is -2.50. The van der Waals surface area contributed by atoms with E-state index in [0.717, 1.165) is 0 Å². The third-order valence-electron chi connectivity index (χ3n) is 2.71. The second-order valence-corrected chi connectivity index (χ2v) is 7.11. The number of alkyl halides is 1. The van der Waals surface area contributed by atoms with Crippen LogP contribution in [0.5, 0.6) is 0 Å². The number of halogens is 1. The third-order valence-corrected chi connectivity index (χ3v) is 4.88. The topological polar surface area (TPSA) is 83.9 Å². The van der Waals surface area contributed by atoms with Gasteiger partial charge < -0.3 is 9.84 Å². The molecule has 0 amide bonds. The molecule has 0 aromatic rings. The molecule has 1 aliphatic rings. The summed E-state index contributed by atoms with van der Waals surface area (Å²) in [6.45, 7) is 2.36. The number of aliphatic carboxylic acids is 1. The third kappa shape index (κ3) is 4.72. The summed E-state index contributed by atoms with van der Waals surface area (Å²) < 4.78 is 30.6. The van der Waals surface area contributed by atoms with E-state index in [1.807, 2.05) is 0 Å². The van der Waals surface area contributed by atoms with Crippen LogP contribution in [0.4, 0.5) is 0 Å². The van der Waals surface area contributed by atoms with E-state index >= 15 is 0 Å². The van der Waals surface area contributed by atoms with Gasteiger partial charge in [-0.05, 0) is 13.3 Å². The van der Waals surface area contributed by atoms with Crippen LogP contribution in [0, 0.1) is 0 Å². The van der Waals surface area contributed by atoms with Crippen molar-refractivity contribution in [3.63, 3.8) is 0 Å². The van der Waals surface area contributed by atoms with Gasteiger partial charge in [0.15, 0.2) is 0 Å². The number of hydrogen-bond donors (Lipinski definition) is 1. The zero-order valence-corrected chi connectivity index (χ0v) is 11.8. The van der Waals surface area contributed by atoms with Crippen molar-refractivity contribution in [2.75, 3.05) is 25.5 Å². The Hall–Kier alpha value is -0.370. The minimum absolute atomic E-state index is 0.0617. The second-order valence-electron chi connectivity index (χ2n) is 4.32. The highest BCUT2D eigenvalue weighted by Crippen LogP contribution is 2.17. The zero-order valence-electron chi connectivity index (χ0n) is 10.2. The van der Waals surface area contributed by atoms with E-state index in [1.165, 1.54) is 4.31 Å². The lowest BCUT2D eigenvalue weighted by molar-refractivity contribution is -0.139. The van der Waals surface area contributed by atoms with Crippen molar-refractivity contribution >= 4 is 27.6 Å². The fourth-order valence-electron chi connectivity index (χ4n) is 1.80. The molecule has 0 bridgehead atoms. The van der Waals surface area contributed by atoms with E-state index in [4.69, 9.17) is 21.4 Å². The Bertz CT molecular complexity index is 384. The number of carbonyl (C=O) groups is 1. The van der Waals surface area contributed by atoms with Crippen molar-refractivity contribution in [3.05, 3.63) is 0 Å². The number of hydrogen-bond acceptors (Lipinski definition) is 4. The van der Waals surface area contributed by atoms with Gasteiger partial charge in [-0.15, -0.1) is 11.6 Å². The average molecular weight is 300 g/mol. The molecule has 1 heterocycles. The molecule has 8 heteroatoms. The maximum atomic E-state index is 12.1. The Kier molecular flexibility index (Phi) is 5.84. The molecule has 2 atom stereocenters. The number of nitrogens with zero attached hydrogens (tertiary/aromatic N) is 1. The summed E-state index contributed by atoms with van der Waals surface area (Å²) in [5.74, 6) is -1.09. The Morgan fingerprint density at radius 1 is 1.61 bits per heavy atom. The molecular weight excluding hydrogens is 282 g/mol. The zero-order chi connectivity index (χ0) is 13.8. The Balaban J connectivity index is 2.72. The lowest BCUT2D eigenvalue weighted by Gasteiger charge is -2.33. The highest BCUT2D eigenvalue weighted by atomic mass is 35.5. The summed E-state index contributed by atoms with van der Waals surface area (Å²) in [5.41, 5.74) is 0. The van der Waals surface area contributed by atoms with Crippen LogP contribution >= 0.6 is 11.6 Å². The molecule has 1 rings (SSSR count). The fourth-order valence-corrected chi connectivity index (χ4v) is 3.86. The minimum atomic E-state index is -3.47. The SMILES string of the molecule is CC(Cl)CCS(=O)(=O)N1CCOCC1CC(=O)O. The quantitative estimate of drug-likeness (QED) is 0.722. The Labute approximate surface area is 112 Å². The molecule has 0 aromatic heterocycles. The van der Waals surface area contributed by atoms with Gasteiger partial charge in [0.25, 0.3) is 0 Å². The fraction of sp³-hybridized carbons (Fsp3) is 0.900. The molecule has 106 valence electrons. The summed E-state index contributed by atoms with van der Waals surface area (Å²) in [5, 5.41) is 8.55. The van der Waals surface area contributed by atoms with Crippen molar-refractivity contribution in [2.24, 2.45) is 0 Å². The van der Waals surface area contributed by atoms with E-state index in [2.05, 4.69) is 0 Å². The van der Waals surface area contributed by atoms with Crippen molar-refractivity contribution < 1.29 is 23.1 Å². The van der Waals surface area contributed by atoms with Crippen LogP contribution < -0.4 is 0 Å². The van der Waals surface area contributed by atoms with E-state index in [9.17, 15) is 13.2 Å².